The van der Waals surface area contributed by atoms with Gasteiger partial charge in [-0.2, -0.15) is 5.10 Å². The van der Waals surface area contributed by atoms with Crippen LogP contribution in [0.1, 0.15) is 56.7 Å². The number of benzene rings is 2. The molecule has 2 N–H and O–H groups in total. The van der Waals surface area contributed by atoms with E-state index in [0.29, 0.717) is 24.2 Å². The summed E-state index contributed by atoms with van der Waals surface area (Å²) in [6.45, 7) is 3.41. The molecule has 0 saturated heterocycles. The number of nitrogens with zero attached hydrogens (tertiary/aromatic N) is 2. The predicted octanol–water partition coefficient (Wildman–Crippen LogP) is 5.46. The van der Waals surface area contributed by atoms with Crippen molar-refractivity contribution in [2.45, 2.75) is 51.0 Å². The first kappa shape index (κ1) is 22.5. The van der Waals surface area contributed by atoms with Gasteiger partial charge in [-0.3, -0.25) is 9.89 Å². The van der Waals surface area contributed by atoms with E-state index in [4.69, 9.17) is 4.74 Å². The molecule has 8 heteroatoms. The van der Waals surface area contributed by atoms with Gasteiger partial charge in [-0.05, 0) is 75.3 Å². The van der Waals surface area contributed by atoms with Gasteiger partial charge in [-0.1, -0.05) is 0 Å². The van der Waals surface area contributed by atoms with E-state index < -0.39 is 17.2 Å². The first-order valence-electron chi connectivity index (χ1n) is 11.5. The number of aromatic amines is 1. The zero-order valence-electron chi connectivity index (χ0n) is 19.4. The minimum absolute atomic E-state index is 0.0803. The van der Waals surface area contributed by atoms with Gasteiger partial charge in [0, 0.05) is 22.5 Å². The monoisotopic (exact) mass is 467 g/mol. The topological polar surface area (TPSA) is 80.1 Å². The lowest BCUT2D eigenvalue weighted by Gasteiger charge is -2.30. The van der Waals surface area contributed by atoms with Gasteiger partial charge in [-0.15, -0.1) is 0 Å². The number of carbonyl (C=O) groups is 1. The minimum Gasteiger partial charge on any atom is -0.469 e. The Morgan fingerprint density at radius 3 is 2.53 bits per heavy atom. The van der Waals surface area contributed by atoms with Crippen molar-refractivity contribution in [1.82, 2.24) is 14.8 Å². The molecule has 4 aromatic rings. The number of H-pyrrole nitrogens is 1. The molecule has 1 aliphatic rings. The van der Waals surface area contributed by atoms with Crippen molar-refractivity contribution in [3.8, 4) is 5.69 Å². The highest BCUT2D eigenvalue weighted by atomic mass is 19.2. The van der Waals surface area contributed by atoms with Gasteiger partial charge in [-0.25, -0.2) is 8.78 Å². The van der Waals surface area contributed by atoms with Crippen molar-refractivity contribution in [2.24, 2.45) is 5.92 Å². The Balaban J connectivity index is 1.77. The molecule has 1 aliphatic carbocycles. The van der Waals surface area contributed by atoms with E-state index in [2.05, 4.69) is 10.2 Å². The number of nitrogens with one attached hydrogen (secondary N) is 1. The van der Waals surface area contributed by atoms with Crippen LogP contribution in [0.4, 0.5) is 8.78 Å². The van der Waals surface area contributed by atoms with Gasteiger partial charge in [0.2, 0.25) is 0 Å². The molecule has 0 unspecified atom stereocenters. The number of esters is 1. The lowest BCUT2D eigenvalue weighted by Crippen LogP contribution is -2.26. The first-order chi connectivity index (χ1) is 16.2. The molecule has 0 amide bonds. The number of ether oxygens (including phenoxy) is 1. The molecule has 1 fully saturated rings. The molecule has 0 atom stereocenters. The largest absolute Gasteiger partial charge is 0.469 e. The number of methoxy groups -OCH3 is 1. The Hall–Kier alpha value is -3.26. The van der Waals surface area contributed by atoms with Crippen LogP contribution < -0.4 is 0 Å². The van der Waals surface area contributed by atoms with E-state index in [9.17, 15) is 18.7 Å². The summed E-state index contributed by atoms with van der Waals surface area (Å²) >= 11 is 0. The fraction of sp³-hybridized carbons (Fsp3) is 0.385. The minimum atomic E-state index is -1.27. The van der Waals surface area contributed by atoms with E-state index in [0.717, 1.165) is 52.3 Å². The summed E-state index contributed by atoms with van der Waals surface area (Å²) in [6, 6.07) is 7.73. The quantitative estimate of drug-likeness (QED) is 0.391. The molecule has 6 nitrogen and oxygen atoms in total. The van der Waals surface area contributed by atoms with Crippen LogP contribution in [0.25, 0.3) is 27.5 Å². The third-order valence-electron chi connectivity index (χ3n) is 6.98. The molecule has 1 saturated carbocycles. The number of aliphatic hydroxyl groups is 1. The molecule has 2 aromatic carbocycles. The number of rotatable bonds is 4. The second kappa shape index (κ2) is 8.20. The van der Waals surface area contributed by atoms with Gasteiger partial charge in [0.05, 0.1) is 41.6 Å². The van der Waals surface area contributed by atoms with Crippen LogP contribution >= 0.6 is 0 Å². The fourth-order valence-corrected chi connectivity index (χ4v) is 5.44. The standard InChI is InChI=1S/C26H27F2N3O3/c1-26(2,33)24-23(14-4-6-15(7-5-14)25(32)34-3)18-12-21-16(13-29-30-21)10-22(18)31(24)17-8-9-19(27)20(28)11-17/h8-15,33H,4-7H2,1-3H3,(H,29,30). The number of carbonyl (C=O) groups excluding carboxylic acids is 1. The molecule has 0 bridgehead atoms. The maximum Gasteiger partial charge on any atom is 0.308 e. The lowest BCUT2D eigenvalue weighted by atomic mass is 9.76. The first-order valence-corrected chi connectivity index (χ1v) is 11.5. The Labute approximate surface area is 195 Å². The molecule has 5 rings (SSSR count). The predicted molar refractivity (Wildman–Crippen MR) is 125 cm³/mol. The van der Waals surface area contributed by atoms with Crippen molar-refractivity contribution in [3.05, 3.63) is 59.4 Å². The van der Waals surface area contributed by atoms with Crippen LogP contribution in [0.2, 0.25) is 0 Å². The molecule has 0 radical (unpaired) electrons. The van der Waals surface area contributed by atoms with E-state index in [1.54, 1.807) is 20.0 Å². The van der Waals surface area contributed by atoms with Gasteiger partial charge in [0.15, 0.2) is 11.6 Å². The van der Waals surface area contributed by atoms with Gasteiger partial charge >= 0.3 is 5.97 Å². The second-order valence-corrected chi connectivity index (χ2v) is 9.65. The molecular formula is C26H27F2N3O3. The van der Waals surface area contributed by atoms with Crippen LogP contribution in [0.3, 0.4) is 0 Å². The fourth-order valence-electron chi connectivity index (χ4n) is 5.44. The highest BCUT2D eigenvalue weighted by Crippen LogP contribution is 2.46. The Bertz CT molecular complexity index is 1390. The van der Waals surface area contributed by atoms with Crippen LogP contribution in [0.5, 0.6) is 0 Å². The number of hydrogen-bond donors (Lipinski definition) is 2. The van der Waals surface area contributed by atoms with E-state index in [-0.39, 0.29) is 17.8 Å². The molecule has 2 heterocycles. The van der Waals surface area contributed by atoms with Crippen molar-refractivity contribution in [1.29, 1.82) is 0 Å². The Morgan fingerprint density at radius 2 is 1.88 bits per heavy atom. The number of fused-ring (bicyclic) bond motifs is 2. The molecule has 0 aliphatic heterocycles. The average molecular weight is 468 g/mol. The van der Waals surface area contributed by atoms with E-state index in [1.165, 1.54) is 13.2 Å². The molecule has 178 valence electrons. The van der Waals surface area contributed by atoms with Crippen LogP contribution in [-0.4, -0.2) is 33.0 Å². The van der Waals surface area contributed by atoms with Gasteiger partial charge in [0.1, 0.15) is 0 Å². The summed E-state index contributed by atoms with van der Waals surface area (Å²) in [5.74, 6) is -2.12. The SMILES string of the molecule is COC(=O)C1CCC(c2c(C(C)(C)O)n(-c3ccc(F)c(F)c3)c3cc4cn[nH]c4cc23)CC1. The molecule has 34 heavy (non-hydrogen) atoms. The lowest BCUT2D eigenvalue weighted by molar-refractivity contribution is -0.146. The maximum absolute atomic E-state index is 14.3. The Kier molecular flexibility index (Phi) is 5.43. The summed E-state index contributed by atoms with van der Waals surface area (Å²) in [6.07, 6.45) is 4.59. The maximum atomic E-state index is 14.3. The normalized spacial score (nSPS) is 19.1. The number of halogens is 2. The summed E-state index contributed by atoms with van der Waals surface area (Å²) in [7, 11) is 1.41. The molecule has 0 spiro atoms. The van der Waals surface area contributed by atoms with Gasteiger partial charge in [0.25, 0.3) is 0 Å². The van der Waals surface area contributed by atoms with Gasteiger partial charge < -0.3 is 14.4 Å². The third-order valence-corrected chi connectivity index (χ3v) is 6.98. The zero-order valence-corrected chi connectivity index (χ0v) is 19.4. The highest BCUT2D eigenvalue weighted by Gasteiger charge is 2.36. The summed E-state index contributed by atoms with van der Waals surface area (Å²) in [5, 5.41) is 20.3. The van der Waals surface area contributed by atoms with Crippen LogP contribution in [-0.2, 0) is 15.1 Å². The Morgan fingerprint density at radius 1 is 1.15 bits per heavy atom. The highest BCUT2D eigenvalue weighted by molar-refractivity contribution is 5.99. The average Bonchev–Trinajstić information content (AvgIpc) is 3.40. The smallest absolute Gasteiger partial charge is 0.308 e. The van der Waals surface area contributed by atoms with Crippen molar-refractivity contribution >= 4 is 27.8 Å². The third kappa shape index (κ3) is 3.66. The van der Waals surface area contributed by atoms with Crippen molar-refractivity contribution in [2.75, 3.05) is 7.11 Å². The summed E-state index contributed by atoms with van der Waals surface area (Å²) in [4.78, 5) is 12.1. The van der Waals surface area contributed by atoms with Crippen LogP contribution in [0, 0.1) is 17.6 Å². The van der Waals surface area contributed by atoms with E-state index in [1.807, 2.05) is 16.7 Å². The summed E-state index contributed by atoms with van der Waals surface area (Å²) in [5.41, 5.74) is 2.38. The van der Waals surface area contributed by atoms with Crippen LogP contribution in [0.15, 0.2) is 36.5 Å². The second-order valence-electron chi connectivity index (χ2n) is 9.65. The number of aromatic nitrogens is 3. The zero-order chi connectivity index (χ0) is 24.2. The summed E-state index contributed by atoms with van der Waals surface area (Å²) < 4.78 is 34.8. The van der Waals surface area contributed by atoms with E-state index >= 15 is 0 Å². The number of hydrogen-bond acceptors (Lipinski definition) is 4. The molecule has 2 aromatic heterocycles. The molecular weight excluding hydrogens is 440 g/mol. The van der Waals surface area contributed by atoms with Crippen molar-refractivity contribution in [3.63, 3.8) is 0 Å². The van der Waals surface area contributed by atoms with Crippen molar-refractivity contribution < 1.29 is 23.4 Å².